The maximum absolute atomic E-state index is 5.59. The highest BCUT2D eigenvalue weighted by atomic mass is 15.1. The number of rotatable bonds is 3. The van der Waals surface area contributed by atoms with Crippen molar-refractivity contribution in [3.63, 3.8) is 0 Å². The van der Waals surface area contributed by atoms with Crippen LogP contribution in [0, 0.1) is 0 Å². The van der Waals surface area contributed by atoms with Gasteiger partial charge in [0, 0.05) is 13.1 Å². The molecule has 0 aromatic carbocycles. The molecule has 0 spiro atoms. The number of aromatic nitrogens is 2. The van der Waals surface area contributed by atoms with Crippen LogP contribution in [0.25, 0.3) is 0 Å². The molecule has 1 aromatic heterocycles. The van der Waals surface area contributed by atoms with Crippen molar-refractivity contribution < 1.29 is 0 Å². The van der Waals surface area contributed by atoms with Crippen molar-refractivity contribution in [2.75, 3.05) is 0 Å². The summed E-state index contributed by atoms with van der Waals surface area (Å²) in [6.07, 6.45) is 2.83. The lowest BCUT2D eigenvalue weighted by Crippen LogP contribution is -2.07. The lowest BCUT2D eigenvalue weighted by Gasteiger charge is -2.02. The smallest absolute Gasteiger partial charge is 0.0951 e. The van der Waals surface area contributed by atoms with Crippen molar-refractivity contribution in [2.45, 2.75) is 33.4 Å². The Morgan fingerprint density at radius 3 is 2.73 bits per heavy atom. The molecule has 0 aliphatic carbocycles. The molecule has 1 aromatic rings. The SMILES string of the molecule is CCc1ncn(CC)c1CN. The van der Waals surface area contributed by atoms with Crippen molar-refractivity contribution in [1.29, 1.82) is 0 Å². The lowest BCUT2D eigenvalue weighted by atomic mass is 10.2. The van der Waals surface area contributed by atoms with E-state index < -0.39 is 0 Å². The van der Waals surface area contributed by atoms with Gasteiger partial charge in [-0.25, -0.2) is 4.98 Å². The van der Waals surface area contributed by atoms with Gasteiger partial charge >= 0.3 is 0 Å². The predicted molar refractivity (Wildman–Crippen MR) is 45.2 cm³/mol. The zero-order valence-electron chi connectivity index (χ0n) is 7.17. The van der Waals surface area contributed by atoms with Gasteiger partial charge in [0.15, 0.2) is 0 Å². The Morgan fingerprint density at radius 2 is 2.27 bits per heavy atom. The van der Waals surface area contributed by atoms with Gasteiger partial charge in [-0.3, -0.25) is 0 Å². The largest absolute Gasteiger partial charge is 0.333 e. The highest BCUT2D eigenvalue weighted by Crippen LogP contribution is 2.06. The van der Waals surface area contributed by atoms with E-state index in [1.165, 1.54) is 5.69 Å². The van der Waals surface area contributed by atoms with E-state index in [9.17, 15) is 0 Å². The Bertz CT molecular complexity index is 206. The summed E-state index contributed by atoms with van der Waals surface area (Å²) in [5.74, 6) is 0. The fourth-order valence-corrected chi connectivity index (χ4v) is 1.25. The molecular weight excluding hydrogens is 138 g/mol. The minimum atomic E-state index is 0.594. The average molecular weight is 153 g/mol. The maximum Gasteiger partial charge on any atom is 0.0951 e. The van der Waals surface area contributed by atoms with Gasteiger partial charge < -0.3 is 10.3 Å². The second-order valence-electron chi connectivity index (χ2n) is 2.48. The molecule has 0 saturated heterocycles. The highest BCUT2D eigenvalue weighted by Gasteiger charge is 2.04. The van der Waals surface area contributed by atoms with E-state index in [1.54, 1.807) is 0 Å². The Morgan fingerprint density at radius 1 is 1.55 bits per heavy atom. The Kier molecular flexibility index (Phi) is 2.65. The van der Waals surface area contributed by atoms with Gasteiger partial charge in [0.1, 0.15) is 0 Å². The van der Waals surface area contributed by atoms with Crippen LogP contribution < -0.4 is 5.73 Å². The third-order valence-corrected chi connectivity index (χ3v) is 1.90. The molecule has 3 nitrogen and oxygen atoms in total. The van der Waals surface area contributed by atoms with Gasteiger partial charge in [0.05, 0.1) is 17.7 Å². The fourth-order valence-electron chi connectivity index (χ4n) is 1.25. The van der Waals surface area contributed by atoms with Gasteiger partial charge in [-0.2, -0.15) is 0 Å². The zero-order chi connectivity index (χ0) is 8.27. The first-order valence-electron chi connectivity index (χ1n) is 4.06. The first-order valence-corrected chi connectivity index (χ1v) is 4.06. The average Bonchev–Trinajstić information content (AvgIpc) is 2.45. The number of hydrogen-bond acceptors (Lipinski definition) is 2. The van der Waals surface area contributed by atoms with Crippen LogP contribution in [0.4, 0.5) is 0 Å². The van der Waals surface area contributed by atoms with Crippen molar-refractivity contribution in [1.82, 2.24) is 9.55 Å². The van der Waals surface area contributed by atoms with Crippen LogP contribution in [0.2, 0.25) is 0 Å². The standard InChI is InChI=1S/C8H15N3/c1-3-7-8(5-9)11(4-2)6-10-7/h6H,3-5,9H2,1-2H3. The summed E-state index contributed by atoms with van der Waals surface area (Å²) in [4.78, 5) is 4.26. The first-order chi connectivity index (χ1) is 5.33. The van der Waals surface area contributed by atoms with Crippen LogP contribution in [-0.2, 0) is 19.5 Å². The molecule has 0 amide bonds. The van der Waals surface area contributed by atoms with Gasteiger partial charge in [-0.15, -0.1) is 0 Å². The van der Waals surface area contributed by atoms with Crippen molar-refractivity contribution in [3.8, 4) is 0 Å². The minimum Gasteiger partial charge on any atom is -0.333 e. The zero-order valence-corrected chi connectivity index (χ0v) is 7.17. The lowest BCUT2D eigenvalue weighted by molar-refractivity contribution is 0.707. The summed E-state index contributed by atoms with van der Waals surface area (Å²) in [6, 6.07) is 0. The molecule has 0 radical (unpaired) electrons. The van der Waals surface area contributed by atoms with Crippen molar-refractivity contribution in [2.24, 2.45) is 5.73 Å². The van der Waals surface area contributed by atoms with Crippen LogP contribution in [0.1, 0.15) is 25.2 Å². The molecular formula is C8H15N3. The summed E-state index contributed by atoms with van der Waals surface area (Å²) in [6.45, 7) is 5.75. The molecule has 0 unspecified atom stereocenters. The Labute approximate surface area is 67.2 Å². The summed E-state index contributed by atoms with van der Waals surface area (Å²) >= 11 is 0. The summed E-state index contributed by atoms with van der Waals surface area (Å²) < 4.78 is 2.10. The number of nitrogens with two attached hydrogens (primary N) is 1. The van der Waals surface area contributed by atoms with Gasteiger partial charge in [-0.05, 0) is 13.3 Å². The van der Waals surface area contributed by atoms with Crippen LogP contribution in [0.3, 0.4) is 0 Å². The summed E-state index contributed by atoms with van der Waals surface area (Å²) in [5, 5.41) is 0. The van der Waals surface area contributed by atoms with Crippen molar-refractivity contribution >= 4 is 0 Å². The van der Waals surface area contributed by atoms with E-state index in [2.05, 4.69) is 23.4 Å². The molecule has 0 bridgehead atoms. The molecule has 2 N–H and O–H groups in total. The van der Waals surface area contributed by atoms with Crippen LogP contribution in [-0.4, -0.2) is 9.55 Å². The molecule has 0 fully saturated rings. The monoisotopic (exact) mass is 153 g/mol. The van der Waals surface area contributed by atoms with Crippen LogP contribution in [0.15, 0.2) is 6.33 Å². The third-order valence-electron chi connectivity index (χ3n) is 1.90. The number of aryl methyl sites for hydroxylation is 2. The Hall–Kier alpha value is -0.830. The normalized spacial score (nSPS) is 10.5. The Balaban J connectivity index is 2.99. The minimum absolute atomic E-state index is 0.594. The van der Waals surface area contributed by atoms with Gasteiger partial charge in [0.25, 0.3) is 0 Å². The first kappa shape index (κ1) is 8.27. The van der Waals surface area contributed by atoms with Crippen LogP contribution in [0.5, 0.6) is 0 Å². The third kappa shape index (κ3) is 1.43. The van der Waals surface area contributed by atoms with E-state index >= 15 is 0 Å². The number of imidazole rings is 1. The molecule has 11 heavy (non-hydrogen) atoms. The van der Waals surface area contributed by atoms with Crippen molar-refractivity contribution in [3.05, 3.63) is 17.7 Å². The molecule has 62 valence electrons. The second-order valence-corrected chi connectivity index (χ2v) is 2.48. The molecule has 0 atom stereocenters. The topological polar surface area (TPSA) is 43.8 Å². The second kappa shape index (κ2) is 3.53. The van der Waals surface area contributed by atoms with Crippen LogP contribution >= 0.6 is 0 Å². The van der Waals surface area contributed by atoms with Gasteiger partial charge in [0.2, 0.25) is 0 Å². The van der Waals surface area contributed by atoms with E-state index in [0.717, 1.165) is 18.7 Å². The van der Waals surface area contributed by atoms with Gasteiger partial charge in [-0.1, -0.05) is 6.92 Å². The summed E-state index contributed by atoms with van der Waals surface area (Å²) in [5.41, 5.74) is 7.90. The van der Waals surface area contributed by atoms with E-state index in [1.807, 2.05) is 6.33 Å². The fraction of sp³-hybridized carbons (Fsp3) is 0.625. The molecule has 1 heterocycles. The predicted octanol–water partition coefficient (Wildman–Crippen LogP) is 0.924. The number of hydrogen-bond donors (Lipinski definition) is 1. The van der Waals surface area contributed by atoms with E-state index in [0.29, 0.717) is 6.54 Å². The maximum atomic E-state index is 5.59. The quantitative estimate of drug-likeness (QED) is 0.702. The summed E-state index contributed by atoms with van der Waals surface area (Å²) in [7, 11) is 0. The molecule has 3 heteroatoms. The van der Waals surface area contributed by atoms with E-state index in [-0.39, 0.29) is 0 Å². The molecule has 0 aliphatic rings. The van der Waals surface area contributed by atoms with E-state index in [4.69, 9.17) is 5.73 Å². The molecule has 0 saturated carbocycles. The number of nitrogens with zero attached hydrogens (tertiary/aromatic N) is 2. The molecule has 0 aliphatic heterocycles. The molecule has 1 rings (SSSR count). The highest BCUT2D eigenvalue weighted by molar-refractivity contribution is 5.12.